The number of ether oxygens (including phenoxy) is 1. The Morgan fingerprint density at radius 3 is 2.89 bits per heavy atom. The van der Waals surface area contributed by atoms with Crippen molar-refractivity contribution in [2.45, 2.75) is 36.7 Å². The predicted octanol–water partition coefficient (Wildman–Crippen LogP) is 4.57. The molecule has 0 aliphatic carbocycles. The summed E-state index contributed by atoms with van der Waals surface area (Å²) < 4.78 is 6.28. The lowest BCUT2D eigenvalue weighted by atomic mass is 9.97. The summed E-state index contributed by atoms with van der Waals surface area (Å²) >= 11 is 8.52. The third kappa shape index (κ3) is 3.76. The fourth-order valence-corrected chi connectivity index (χ4v) is 4.15. The lowest BCUT2D eigenvalue weighted by molar-refractivity contribution is 0.114. The third-order valence-electron chi connectivity index (χ3n) is 3.68. The highest BCUT2D eigenvalue weighted by molar-refractivity contribution is 14.1. The van der Waals surface area contributed by atoms with Gasteiger partial charge in [-0.15, -0.1) is 0 Å². The van der Waals surface area contributed by atoms with Crippen molar-refractivity contribution in [2.75, 3.05) is 13.1 Å². The highest BCUT2D eigenvalue weighted by Crippen LogP contribution is 2.40. The molecular formula is C15H21ClINO. The number of hydrogen-bond donors (Lipinski definition) is 1. The Morgan fingerprint density at radius 2 is 2.32 bits per heavy atom. The summed E-state index contributed by atoms with van der Waals surface area (Å²) in [6.45, 7) is 6.42. The topological polar surface area (TPSA) is 21.3 Å². The first kappa shape index (κ1) is 15.4. The first-order valence-electron chi connectivity index (χ1n) is 6.90. The summed E-state index contributed by atoms with van der Waals surface area (Å²) in [5.74, 6) is 1.53. The molecule has 0 bridgehead atoms. The zero-order chi connectivity index (χ0) is 13.9. The number of benzene rings is 1. The van der Waals surface area contributed by atoms with Gasteiger partial charge in [0, 0.05) is 17.5 Å². The Morgan fingerprint density at radius 1 is 1.53 bits per heavy atom. The van der Waals surface area contributed by atoms with Gasteiger partial charge in [-0.25, -0.2) is 0 Å². The van der Waals surface area contributed by atoms with Crippen molar-refractivity contribution in [3.05, 3.63) is 28.8 Å². The van der Waals surface area contributed by atoms with Crippen molar-refractivity contribution >= 4 is 34.2 Å². The van der Waals surface area contributed by atoms with Crippen LogP contribution in [0.5, 0.6) is 5.75 Å². The van der Waals surface area contributed by atoms with Crippen molar-refractivity contribution in [1.29, 1.82) is 0 Å². The first-order valence-corrected chi connectivity index (χ1v) is 8.35. The van der Waals surface area contributed by atoms with Crippen LogP contribution in [0.3, 0.4) is 0 Å². The Kier molecular flexibility index (Phi) is 5.37. The summed E-state index contributed by atoms with van der Waals surface area (Å²) in [6, 6.07) is 5.86. The molecule has 1 aliphatic rings. The highest BCUT2D eigenvalue weighted by atomic mass is 127. The van der Waals surface area contributed by atoms with Gasteiger partial charge in [0.2, 0.25) is 0 Å². The smallest absolute Gasteiger partial charge is 0.163 e. The maximum absolute atomic E-state index is 6.40. The van der Waals surface area contributed by atoms with E-state index in [1.165, 1.54) is 6.42 Å². The average molecular weight is 394 g/mol. The molecule has 4 heteroatoms. The van der Waals surface area contributed by atoms with Crippen LogP contribution in [0.4, 0.5) is 0 Å². The van der Waals surface area contributed by atoms with E-state index >= 15 is 0 Å². The van der Waals surface area contributed by atoms with E-state index in [9.17, 15) is 0 Å². The standard InChI is InChI=1S/C15H21ClINO/c1-3-7-15(17,12-6-8-18-10-12)19-14-5-4-13(16)9-11(14)2/h4-5,9,12,18H,3,6-8,10H2,1-2H3/t12?,15-/m1/s1. The number of alkyl halides is 1. The van der Waals surface area contributed by atoms with Gasteiger partial charge in [0.05, 0.1) is 0 Å². The second kappa shape index (κ2) is 6.64. The molecule has 0 spiro atoms. The molecule has 2 nitrogen and oxygen atoms in total. The fourth-order valence-electron chi connectivity index (χ4n) is 2.61. The largest absolute Gasteiger partial charge is 0.476 e. The quantitative estimate of drug-likeness (QED) is 0.584. The van der Waals surface area contributed by atoms with Crippen LogP contribution >= 0.6 is 34.2 Å². The number of aryl methyl sites for hydroxylation is 1. The SMILES string of the molecule is CCC[C@@](I)(Oc1ccc(Cl)cc1C)C1CCNC1. The zero-order valence-electron chi connectivity index (χ0n) is 11.5. The van der Waals surface area contributed by atoms with Crippen molar-refractivity contribution in [1.82, 2.24) is 5.32 Å². The van der Waals surface area contributed by atoms with Crippen LogP contribution in [-0.2, 0) is 0 Å². The van der Waals surface area contributed by atoms with E-state index in [0.29, 0.717) is 5.92 Å². The minimum absolute atomic E-state index is 0.116. The summed E-state index contributed by atoms with van der Waals surface area (Å²) in [5, 5.41) is 4.21. The Hall–Kier alpha value is -0.0000000000000000208. The van der Waals surface area contributed by atoms with E-state index in [0.717, 1.165) is 42.3 Å². The maximum Gasteiger partial charge on any atom is 0.163 e. The van der Waals surface area contributed by atoms with E-state index in [4.69, 9.17) is 16.3 Å². The molecule has 0 aromatic heterocycles. The number of hydrogen-bond acceptors (Lipinski definition) is 2. The first-order chi connectivity index (χ1) is 9.05. The lowest BCUT2D eigenvalue weighted by Crippen LogP contribution is -2.39. The van der Waals surface area contributed by atoms with Gasteiger partial charge >= 0.3 is 0 Å². The van der Waals surface area contributed by atoms with E-state index in [2.05, 4.69) is 41.8 Å². The van der Waals surface area contributed by atoms with Crippen molar-refractivity contribution < 1.29 is 4.74 Å². The molecule has 106 valence electrons. The van der Waals surface area contributed by atoms with Crippen molar-refractivity contribution in [3.63, 3.8) is 0 Å². The molecule has 2 atom stereocenters. The second-order valence-electron chi connectivity index (χ2n) is 5.24. The van der Waals surface area contributed by atoms with Gasteiger partial charge in [-0.3, -0.25) is 0 Å². The van der Waals surface area contributed by atoms with E-state index in [1.54, 1.807) is 0 Å². The molecule has 1 aliphatic heterocycles. The summed E-state index contributed by atoms with van der Waals surface area (Å²) in [5.41, 5.74) is 1.11. The van der Waals surface area contributed by atoms with Gasteiger partial charge in [-0.1, -0.05) is 24.9 Å². The van der Waals surface area contributed by atoms with Crippen LogP contribution in [0.15, 0.2) is 18.2 Å². The zero-order valence-corrected chi connectivity index (χ0v) is 14.4. The van der Waals surface area contributed by atoms with Crippen LogP contribution in [0, 0.1) is 12.8 Å². The molecule has 0 amide bonds. The average Bonchev–Trinajstić information content (AvgIpc) is 2.87. The van der Waals surface area contributed by atoms with E-state index in [-0.39, 0.29) is 3.61 Å². The van der Waals surface area contributed by atoms with Gasteiger partial charge in [-0.2, -0.15) is 0 Å². The van der Waals surface area contributed by atoms with E-state index in [1.807, 2.05) is 18.2 Å². The van der Waals surface area contributed by atoms with Crippen LogP contribution in [-0.4, -0.2) is 16.7 Å². The Labute approximate surface area is 134 Å². The van der Waals surface area contributed by atoms with Crippen LogP contribution in [0.2, 0.25) is 5.02 Å². The van der Waals surface area contributed by atoms with Crippen LogP contribution < -0.4 is 10.1 Å². The number of rotatable bonds is 5. The van der Waals surface area contributed by atoms with Crippen molar-refractivity contribution in [2.24, 2.45) is 5.92 Å². The normalized spacial score (nSPS) is 22.2. The molecule has 0 radical (unpaired) electrons. The molecule has 1 fully saturated rings. The molecular weight excluding hydrogens is 373 g/mol. The Balaban J connectivity index is 2.19. The van der Waals surface area contributed by atoms with Gasteiger partial charge < -0.3 is 10.1 Å². The third-order valence-corrected chi connectivity index (χ3v) is 5.55. The molecule has 1 saturated heterocycles. The molecule has 1 N–H and O–H groups in total. The van der Waals surface area contributed by atoms with E-state index < -0.39 is 0 Å². The lowest BCUT2D eigenvalue weighted by Gasteiger charge is -2.34. The maximum atomic E-state index is 6.40. The number of nitrogens with one attached hydrogen (secondary N) is 1. The summed E-state index contributed by atoms with van der Waals surface area (Å²) in [7, 11) is 0. The van der Waals surface area contributed by atoms with Gasteiger partial charge in [0.15, 0.2) is 3.61 Å². The van der Waals surface area contributed by atoms with Crippen LogP contribution in [0.1, 0.15) is 31.7 Å². The molecule has 1 heterocycles. The van der Waals surface area contributed by atoms with Gasteiger partial charge in [0.25, 0.3) is 0 Å². The Bertz CT molecular complexity index is 434. The molecule has 2 rings (SSSR count). The van der Waals surface area contributed by atoms with Gasteiger partial charge in [-0.05, 0) is 72.7 Å². The molecule has 1 unspecified atom stereocenters. The molecule has 1 aromatic rings. The summed E-state index contributed by atoms with van der Waals surface area (Å²) in [6.07, 6.45) is 3.39. The minimum Gasteiger partial charge on any atom is -0.476 e. The summed E-state index contributed by atoms with van der Waals surface area (Å²) in [4.78, 5) is 0. The highest BCUT2D eigenvalue weighted by Gasteiger charge is 2.39. The number of halogens is 2. The molecule has 1 aromatic carbocycles. The second-order valence-corrected chi connectivity index (χ2v) is 7.50. The molecule has 19 heavy (non-hydrogen) atoms. The minimum atomic E-state index is -0.116. The molecule has 0 saturated carbocycles. The van der Waals surface area contributed by atoms with Crippen LogP contribution in [0.25, 0.3) is 0 Å². The fraction of sp³-hybridized carbons (Fsp3) is 0.600. The monoisotopic (exact) mass is 393 g/mol. The van der Waals surface area contributed by atoms with Gasteiger partial charge in [0.1, 0.15) is 5.75 Å². The predicted molar refractivity (Wildman–Crippen MR) is 89.5 cm³/mol. The van der Waals surface area contributed by atoms with Crippen molar-refractivity contribution in [3.8, 4) is 5.75 Å².